The van der Waals surface area contributed by atoms with E-state index < -0.39 is 0 Å². The van der Waals surface area contributed by atoms with Gasteiger partial charge >= 0.3 is 0 Å². The molecule has 0 saturated carbocycles. The van der Waals surface area contributed by atoms with Gasteiger partial charge in [0.15, 0.2) is 0 Å². The largest absolute Gasteiger partial charge is 0.314 e. The van der Waals surface area contributed by atoms with E-state index in [-0.39, 0.29) is 5.54 Å². The van der Waals surface area contributed by atoms with Crippen LogP contribution in [-0.4, -0.2) is 12.6 Å². The predicted molar refractivity (Wildman–Crippen MR) is 67.3 cm³/mol. The van der Waals surface area contributed by atoms with Crippen molar-refractivity contribution in [2.45, 2.75) is 45.6 Å². The van der Waals surface area contributed by atoms with Crippen molar-refractivity contribution < 1.29 is 0 Å². The first-order chi connectivity index (χ1) is 7.07. The molecule has 0 radical (unpaired) electrons. The van der Waals surface area contributed by atoms with E-state index in [0.717, 1.165) is 6.42 Å². The third kappa shape index (κ3) is 4.05. The molecule has 0 aliphatic rings. The summed E-state index contributed by atoms with van der Waals surface area (Å²) in [5.41, 5.74) is 3.05. The summed E-state index contributed by atoms with van der Waals surface area (Å²) in [7, 11) is 2.02. The second-order valence-corrected chi connectivity index (χ2v) is 4.88. The molecule has 84 valence electrons. The van der Waals surface area contributed by atoms with Crippen LogP contribution >= 0.6 is 0 Å². The molecule has 0 heterocycles. The second kappa shape index (κ2) is 5.32. The molecule has 0 aliphatic carbocycles. The minimum Gasteiger partial charge on any atom is -0.314 e. The van der Waals surface area contributed by atoms with Crippen LogP contribution in [0.2, 0.25) is 0 Å². The monoisotopic (exact) mass is 205 g/mol. The first-order valence-corrected chi connectivity index (χ1v) is 5.84. The maximum absolute atomic E-state index is 3.33. The summed E-state index contributed by atoms with van der Waals surface area (Å²) in [6.07, 6.45) is 3.49. The number of aryl methyl sites for hydroxylation is 1. The highest BCUT2D eigenvalue weighted by molar-refractivity contribution is 5.24. The second-order valence-electron chi connectivity index (χ2n) is 4.88. The zero-order chi connectivity index (χ0) is 11.3. The van der Waals surface area contributed by atoms with Crippen molar-refractivity contribution in [2.24, 2.45) is 0 Å². The van der Waals surface area contributed by atoms with Gasteiger partial charge in [0.05, 0.1) is 0 Å². The zero-order valence-electron chi connectivity index (χ0n) is 10.4. The normalized spacial score (nSPS) is 11.7. The molecule has 0 unspecified atom stereocenters. The first-order valence-electron chi connectivity index (χ1n) is 5.84. The summed E-state index contributed by atoms with van der Waals surface area (Å²) in [5, 5.41) is 3.33. The van der Waals surface area contributed by atoms with Gasteiger partial charge in [-0.2, -0.15) is 0 Å². The number of hydrogen-bond donors (Lipinski definition) is 1. The van der Waals surface area contributed by atoms with Crippen LogP contribution in [-0.2, 0) is 12.8 Å². The molecular weight excluding hydrogens is 182 g/mol. The van der Waals surface area contributed by atoms with Crippen molar-refractivity contribution in [3.05, 3.63) is 35.4 Å². The average Bonchev–Trinajstić information content (AvgIpc) is 2.21. The Morgan fingerprint density at radius 3 is 2.07 bits per heavy atom. The van der Waals surface area contributed by atoms with Crippen LogP contribution < -0.4 is 5.32 Å². The van der Waals surface area contributed by atoms with Gasteiger partial charge in [0.25, 0.3) is 0 Å². The number of rotatable bonds is 5. The van der Waals surface area contributed by atoms with E-state index in [2.05, 4.69) is 50.4 Å². The minimum absolute atomic E-state index is 0.187. The summed E-state index contributed by atoms with van der Waals surface area (Å²) < 4.78 is 0. The molecule has 0 saturated heterocycles. The van der Waals surface area contributed by atoms with Crippen LogP contribution in [0.25, 0.3) is 0 Å². The molecule has 0 aliphatic heterocycles. The summed E-state index contributed by atoms with van der Waals surface area (Å²) in [4.78, 5) is 0. The van der Waals surface area contributed by atoms with Gasteiger partial charge in [-0.05, 0) is 44.9 Å². The SMILES string of the molecule is CCCc1ccc(CC(C)(C)NC)cc1. The Morgan fingerprint density at radius 2 is 1.60 bits per heavy atom. The Morgan fingerprint density at radius 1 is 1.07 bits per heavy atom. The van der Waals surface area contributed by atoms with Gasteiger partial charge in [-0.1, -0.05) is 37.6 Å². The highest BCUT2D eigenvalue weighted by Crippen LogP contribution is 2.13. The van der Waals surface area contributed by atoms with E-state index in [4.69, 9.17) is 0 Å². The number of nitrogens with one attached hydrogen (secondary N) is 1. The van der Waals surface area contributed by atoms with Gasteiger partial charge in [-0.3, -0.25) is 0 Å². The van der Waals surface area contributed by atoms with Crippen LogP contribution in [0.15, 0.2) is 24.3 Å². The van der Waals surface area contributed by atoms with Gasteiger partial charge in [0, 0.05) is 5.54 Å². The summed E-state index contributed by atoms with van der Waals surface area (Å²) >= 11 is 0. The third-order valence-corrected chi connectivity index (χ3v) is 2.88. The Labute approximate surface area is 93.9 Å². The van der Waals surface area contributed by atoms with E-state index in [0.29, 0.717) is 0 Å². The van der Waals surface area contributed by atoms with Gasteiger partial charge in [-0.25, -0.2) is 0 Å². The lowest BCUT2D eigenvalue weighted by molar-refractivity contribution is 0.422. The van der Waals surface area contributed by atoms with Crippen LogP contribution in [0.1, 0.15) is 38.3 Å². The van der Waals surface area contributed by atoms with Crippen LogP contribution in [0.4, 0.5) is 0 Å². The fourth-order valence-corrected chi connectivity index (χ4v) is 1.71. The molecule has 0 amide bonds. The topological polar surface area (TPSA) is 12.0 Å². The molecule has 1 aromatic rings. The predicted octanol–water partition coefficient (Wildman–Crippen LogP) is 3.18. The van der Waals surface area contributed by atoms with E-state index in [1.165, 1.54) is 24.0 Å². The number of hydrogen-bond acceptors (Lipinski definition) is 1. The van der Waals surface area contributed by atoms with E-state index in [1.807, 2.05) is 7.05 Å². The van der Waals surface area contributed by atoms with Gasteiger partial charge in [-0.15, -0.1) is 0 Å². The van der Waals surface area contributed by atoms with Crippen molar-refractivity contribution in [1.82, 2.24) is 5.32 Å². The van der Waals surface area contributed by atoms with Crippen molar-refractivity contribution in [1.29, 1.82) is 0 Å². The zero-order valence-corrected chi connectivity index (χ0v) is 10.4. The average molecular weight is 205 g/mol. The molecule has 0 spiro atoms. The quantitative estimate of drug-likeness (QED) is 0.778. The molecule has 1 N–H and O–H groups in total. The van der Waals surface area contributed by atoms with Crippen molar-refractivity contribution >= 4 is 0 Å². The fourth-order valence-electron chi connectivity index (χ4n) is 1.71. The Balaban J connectivity index is 2.64. The molecule has 0 fully saturated rings. The third-order valence-electron chi connectivity index (χ3n) is 2.88. The Hall–Kier alpha value is -0.820. The Bertz CT molecular complexity index is 285. The van der Waals surface area contributed by atoms with Crippen LogP contribution in [0, 0.1) is 0 Å². The van der Waals surface area contributed by atoms with Crippen LogP contribution in [0.5, 0.6) is 0 Å². The lowest BCUT2D eigenvalue weighted by Crippen LogP contribution is -2.38. The lowest BCUT2D eigenvalue weighted by Gasteiger charge is -2.24. The molecule has 1 rings (SSSR count). The lowest BCUT2D eigenvalue weighted by atomic mass is 9.94. The Kier molecular flexibility index (Phi) is 4.34. The molecule has 1 heteroatoms. The smallest absolute Gasteiger partial charge is 0.0162 e. The molecular formula is C14H23N. The summed E-state index contributed by atoms with van der Waals surface area (Å²) in [6.45, 7) is 6.68. The van der Waals surface area contributed by atoms with Gasteiger partial charge < -0.3 is 5.32 Å². The molecule has 0 atom stereocenters. The van der Waals surface area contributed by atoms with E-state index in [9.17, 15) is 0 Å². The van der Waals surface area contributed by atoms with Gasteiger partial charge in [0.2, 0.25) is 0 Å². The summed E-state index contributed by atoms with van der Waals surface area (Å²) in [5.74, 6) is 0. The molecule has 0 aromatic heterocycles. The maximum atomic E-state index is 3.33. The molecule has 0 bridgehead atoms. The number of likely N-dealkylation sites (N-methyl/N-ethyl adjacent to an activating group) is 1. The minimum atomic E-state index is 0.187. The van der Waals surface area contributed by atoms with Crippen LogP contribution in [0.3, 0.4) is 0 Å². The highest BCUT2D eigenvalue weighted by Gasteiger charge is 2.14. The van der Waals surface area contributed by atoms with E-state index >= 15 is 0 Å². The van der Waals surface area contributed by atoms with Crippen molar-refractivity contribution in [2.75, 3.05) is 7.05 Å². The molecule has 1 aromatic carbocycles. The van der Waals surface area contributed by atoms with Gasteiger partial charge in [0.1, 0.15) is 0 Å². The van der Waals surface area contributed by atoms with Crippen molar-refractivity contribution in [3.63, 3.8) is 0 Å². The van der Waals surface area contributed by atoms with Crippen molar-refractivity contribution in [3.8, 4) is 0 Å². The first kappa shape index (κ1) is 12.3. The standard InChI is InChI=1S/C14H23N/c1-5-6-12-7-9-13(10-8-12)11-14(2,3)15-4/h7-10,15H,5-6,11H2,1-4H3. The maximum Gasteiger partial charge on any atom is 0.0162 e. The fraction of sp³-hybridized carbons (Fsp3) is 0.571. The molecule has 1 nitrogen and oxygen atoms in total. The number of benzene rings is 1. The molecule has 15 heavy (non-hydrogen) atoms. The summed E-state index contributed by atoms with van der Waals surface area (Å²) in [6, 6.07) is 9.02. The van der Waals surface area contributed by atoms with E-state index in [1.54, 1.807) is 0 Å². The highest BCUT2D eigenvalue weighted by atomic mass is 14.9.